The maximum Gasteiger partial charge on any atom is 0.102 e. The third-order valence-corrected chi connectivity index (χ3v) is 3.24. The van der Waals surface area contributed by atoms with E-state index in [4.69, 9.17) is 0 Å². The zero-order valence-electron chi connectivity index (χ0n) is 9.97. The highest BCUT2D eigenvalue weighted by molar-refractivity contribution is 9.10. The summed E-state index contributed by atoms with van der Waals surface area (Å²) in [5.74, 6) is 0. The summed E-state index contributed by atoms with van der Waals surface area (Å²) in [5, 5.41) is 12.9. The van der Waals surface area contributed by atoms with Crippen LogP contribution in [0.5, 0.6) is 0 Å². The predicted octanol–water partition coefficient (Wildman–Crippen LogP) is 2.56. The van der Waals surface area contributed by atoms with Gasteiger partial charge in [0.15, 0.2) is 0 Å². The standard InChI is InChI=1S/C13H14BrN3O/c1-13(9-18,12-8-15-6-7-16-12)17-11-4-2-10(14)3-5-11/h2-8,17-18H,9H2,1H3. The first kappa shape index (κ1) is 13.0. The topological polar surface area (TPSA) is 58.0 Å². The molecule has 0 aliphatic rings. The Labute approximate surface area is 114 Å². The van der Waals surface area contributed by atoms with Gasteiger partial charge >= 0.3 is 0 Å². The highest BCUT2D eigenvalue weighted by Gasteiger charge is 2.27. The van der Waals surface area contributed by atoms with Crippen LogP contribution in [0.1, 0.15) is 12.6 Å². The summed E-state index contributed by atoms with van der Waals surface area (Å²) in [4.78, 5) is 8.27. The number of halogens is 1. The molecule has 1 heterocycles. The van der Waals surface area contributed by atoms with E-state index in [-0.39, 0.29) is 6.61 Å². The van der Waals surface area contributed by atoms with Crippen molar-refractivity contribution in [3.8, 4) is 0 Å². The fourth-order valence-corrected chi connectivity index (χ4v) is 1.88. The van der Waals surface area contributed by atoms with Crippen LogP contribution in [0.2, 0.25) is 0 Å². The van der Waals surface area contributed by atoms with Gasteiger partial charge in [0.25, 0.3) is 0 Å². The van der Waals surface area contributed by atoms with Gasteiger partial charge in [0.1, 0.15) is 5.54 Å². The SMILES string of the molecule is CC(CO)(Nc1ccc(Br)cc1)c1cnccn1. The van der Waals surface area contributed by atoms with Crippen molar-refractivity contribution in [1.29, 1.82) is 0 Å². The van der Waals surface area contributed by atoms with Gasteiger partial charge in [-0.1, -0.05) is 15.9 Å². The summed E-state index contributed by atoms with van der Waals surface area (Å²) in [6.07, 6.45) is 4.88. The van der Waals surface area contributed by atoms with Gasteiger partial charge in [0.2, 0.25) is 0 Å². The van der Waals surface area contributed by atoms with Crippen LogP contribution in [0.3, 0.4) is 0 Å². The Balaban J connectivity index is 2.26. The molecule has 1 aromatic carbocycles. The maximum absolute atomic E-state index is 9.62. The lowest BCUT2D eigenvalue weighted by atomic mass is 9.99. The zero-order chi connectivity index (χ0) is 13.0. The van der Waals surface area contributed by atoms with Crippen LogP contribution in [0.4, 0.5) is 5.69 Å². The van der Waals surface area contributed by atoms with E-state index >= 15 is 0 Å². The Hall–Kier alpha value is -1.46. The van der Waals surface area contributed by atoms with E-state index in [9.17, 15) is 5.11 Å². The molecular weight excluding hydrogens is 294 g/mol. The smallest absolute Gasteiger partial charge is 0.102 e. The Morgan fingerprint density at radius 2 is 2.00 bits per heavy atom. The van der Waals surface area contributed by atoms with Crippen LogP contribution in [-0.2, 0) is 5.54 Å². The molecule has 1 atom stereocenters. The normalized spacial score (nSPS) is 13.9. The molecule has 0 radical (unpaired) electrons. The first-order chi connectivity index (χ1) is 8.64. The van der Waals surface area contributed by atoms with E-state index in [1.54, 1.807) is 18.6 Å². The first-order valence-electron chi connectivity index (χ1n) is 5.55. The Morgan fingerprint density at radius 1 is 1.28 bits per heavy atom. The van der Waals surface area contributed by atoms with Crippen LogP contribution in [-0.4, -0.2) is 21.7 Å². The molecule has 18 heavy (non-hydrogen) atoms. The number of aromatic nitrogens is 2. The molecule has 0 aliphatic carbocycles. The number of hydrogen-bond donors (Lipinski definition) is 2. The van der Waals surface area contributed by atoms with Gasteiger partial charge < -0.3 is 10.4 Å². The number of rotatable bonds is 4. The van der Waals surface area contributed by atoms with E-state index in [2.05, 4.69) is 31.2 Å². The minimum absolute atomic E-state index is 0.0677. The van der Waals surface area contributed by atoms with Crippen molar-refractivity contribution in [2.75, 3.05) is 11.9 Å². The van der Waals surface area contributed by atoms with Crippen LogP contribution < -0.4 is 5.32 Å². The van der Waals surface area contributed by atoms with Gasteiger partial charge in [-0.3, -0.25) is 9.97 Å². The lowest BCUT2D eigenvalue weighted by Gasteiger charge is -2.29. The minimum Gasteiger partial charge on any atom is -0.394 e. The van der Waals surface area contributed by atoms with Crippen molar-refractivity contribution in [1.82, 2.24) is 9.97 Å². The molecule has 2 aromatic rings. The molecule has 0 spiro atoms. The minimum atomic E-state index is -0.651. The molecule has 1 unspecified atom stereocenters. The van der Waals surface area contributed by atoms with Crippen molar-refractivity contribution in [2.45, 2.75) is 12.5 Å². The third kappa shape index (κ3) is 2.86. The average Bonchev–Trinajstić information content (AvgIpc) is 2.42. The molecule has 94 valence electrons. The van der Waals surface area contributed by atoms with Gasteiger partial charge in [-0.25, -0.2) is 0 Å². The Morgan fingerprint density at radius 3 is 2.56 bits per heavy atom. The predicted molar refractivity (Wildman–Crippen MR) is 74.2 cm³/mol. The van der Waals surface area contributed by atoms with Crippen molar-refractivity contribution < 1.29 is 5.11 Å². The summed E-state index contributed by atoms with van der Waals surface area (Å²) in [7, 11) is 0. The number of aliphatic hydroxyl groups excluding tert-OH is 1. The van der Waals surface area contributed by atoms with E-state index in [1.807, 2.05) is 31.2 Å². The molecule has 2 N–H and O–H groups in total. The number of aliphatic hydroxyl groups is 1. The first-order valence-corrected chi connectivity index (χ1v) is 6.34. The average molecular weight is 308 g/mol. The second kappa shape index (κ2) is 5.46. The van der Waals surface area contributed by atoms with Crippen LogP contribution in [0.15, 0.2) is 47.3 Å². The molecular formula is C13H14BrN3O. The summed E-state index contributed by atoms with van der Waals surface area (Å²) in [6.45, 7) is 1.82. The molecule has 2 rings (SSSR count). The number of hydrogen-bond acceptors (Lipinski definition) is 4. The van der Waals surface area contributed by atoms with Gasteiger partial charge in [-0.2, -0.15) is 0 Å². The zero-order valence-corrected chi connectivity index (χ0v) is 11.6. The summed E-state index contributed by atoms with van der Waals surface area (Å²) >= 11 is 3.39. The summed E-state index contributed by atoms with van der Waals surface area (Å²) in [5.41, 5.74) is 0.970. The number of nitrogens with one attached hydrogen (secondary N) is 1. The van der Waals surface area contributed by atoms with Crippen molar-refractivity contribution in [3.05, 3.63) is 53.0 Å². The summed E-state index contributed by atoms with van der Waals surface area (Å²) in [6, 6.07) is 7.76. The fourth-order valence-electron chi connectivity index (χ4n) is 1.62. The summed E-state index contributed by atoms with van der Waals surface area (Å²) < 4.78 is 1.01. The van der Waals surface area contributed by atoms with Crippen LogP contribution in [0, 0.1) is 0 Å². The van der Waals surface area contributed by atoms with E-state index in [1.165, 1.54) is 0 Å². The molecule has 1 aromatic heterocycles. The Bertz CT molecular complexity index is 503. The Kier molecular flexibility index (Phi) is 3.93. The lowest BCUT2D eigenvalue weighted by molar-refractivity contribution is 0.220. The molecule has 4 nitrogen and oxygen atoms in total. The lowest BCUT2D eigenvalue weighted by Crippen LogP contribution is -2.36. The number of nitrogens with zero attached hydrogens (tertiary/aromatic N) is 2. The van der Waals surface area contributed by atoms with Gasteiger partial charge in [-0.15, -0.1) is 0 Å². The van der Waals surface area contributed by atoms with Crippen LogP contribution in [0.25, 0.3) is 0 Å². The van der Waals surface area contributed by atoms with Gasteiger partial charge in [0, 0.05) is 22.6 Å². The molecule has 0 saturated heterocycles. The number of benzene rings is 1. The quantitative estimate of drug-likeness (QED) is 0.911. The van der Waals surface area contributed by atoms with Gasteiger partial charge in [0.05, 0.1) is 18.5 Å². The van der Waals surface area contributed by atoms with Gasteiger partial charge in [-0.05, 0) is 31.2 Å². The van der Waals surface area contributed by atoms with Crippen molar-refractivity contribution in [3.63, 3.8) is 0 Å². The van der Waals surface area contributed by atoms with E-state index < -0.39 is 5.54 Å². The van der Waals surface area contributed by atoms with Crippen molar-refractivity contribution >= 4 is 21.6 Å². The molecule has 0 fully saturated rings. The molecule has 0 aliphatic heterocycles. The second-order valence-electron chi connectivity index (χ2n) is 4.21. The second-order valence-corrected chi connectivity index (χ2v) is 5.13. The van der Waals surface area contributed by atoms with Crippen LogP contribution >= 0.6 is 15.9 Å². The number of anilines is 1. The maximum atomic E-state index is 9.62. The molecule has 0 bridgehead atoms. The van der Waals surface area contributed by atoms with E-state index in [0.717, 1.165) is 10.2 Å². The molecule has 0 saturated carbocycles. The molecule has 5 heteroatoms. The highest BCUT2D eigenvalue weighted by Crippen LogP contribution is 2.24. The van der Waals surface area contributed by atoms with E-state index in [0.29, 0.717) is 5.69 Å². The monoisotopic (exact) mass is 307 g/mol. The largest absolute Gasteiger partial charge is 0.394 e. The third-order valence-electron chi connectivity index (χ3n) is 2.71. The van der Waals surface area contributed by atoms with Crippen molar-refractivity contribution in [2.24, 2.45) is 0 Å². The fraction of sp³-hybridized carbons (Fsp3) is 0.231. The highest BCUT2D eigenvalue weighted by atomic mass is 79.9. The molecule has 0 amide bonds.